The largest absolute Gasteiger partial charge is 0.497 e. The summed E-state index contributed by atoms with van der Waals surface area (Å²) in [6.07, 6.45) is 1.29. The van der Waals surface area contributed by atoms with Crippen molar-refractivity contribution in [2.24, 2.45) is 0 Å². The molecule has 3 rings (SSSR count). The third-order valence-corrected chi connectivity index (χ3v) is 5.78. The van der Waals surface area contributed by atoms with Crippen LogP contribution in [0.2, 0.25) is 0 Å². The van der Waals surface area contributed by atoms with E-state index in [4.69, 9.17) is 9.47 Å². The zero-order chi connectivity index (χ0) is 24.7. The van der Waals surface area contributed by atoms with Crippen LogP contribution in [0.15, 0.2) is 60.3 Å². The number of hydrogen-bond donors (Lipinski definition) is 1. The molecule has 0 radical (unpaired) electrons. The fourth-order valence-corrected chi connectivity index (χ4v) is 3.87. The van der Waals surface area contributed by atoms with E-state index < -0.39 is 11.0 Å². The fourth-order valence-electron chi connectivity index (χ4n) is 3.11. The predicted octanol–water partition coefficient (Wildman–Crippen LogP) is 4.56. The van der Waals surface area contributed by atoms with E-state index in [1.54, 1.807) is 32.2 Å². The van der Waals surface area contributed by atoms with Crippen LogP contribution in [-0.2, 0) is 11.3 Å². The van der Waals surface area contributed by atoms with E-state index in [1.807, 2.05) is 29.7 Å². The van der Waals surface area contributed by atoms with E-state index in [-0.39, 0.29) is 17.3 Å². The van der Waals surface area contributed by atoms with Crippen molar-refractivity contribution in [3.8, 4) is 11.5 Å². The Morgan fingerprint density at radius 1 is 1.29 bits per heavy atom. The number of rotatable bonds is 11. The van der Waals surface area contributed by atoms with E-state index >= 15 is 0 Å². The van der Waals surface area contributed by atoms with E-state index in [0.717, 1.165) is 5.56 Å². The molecule has 3 aromatic rings. The lowest BCUT2D eigenvalue weighted by Gasteiger charge is -2.16. The van der Waals surface area contributed by atoms with Crippen molar-refractivity contribution < 1.29 is 19.2 Å². The Kier molecular flexibility index (Phi) is 8.25. The quantitative estimate of drug-likeness (QED) is 0.182. The van der Waals surface area contributed by atoms with Gasteiger partial charge in [-0.2, -0.15) is 0 Å². The number of carbonyl (C=O) groups excluding carboxylic acids is 1. The SMILES string of the molecule is C=CCn1c(SCC(=O)Nc2cc([N+](=O)[O-])ccc2C)nnc1C(C)Oc1cccc(OC)c1. The summed E-state index contributed by atoms with van der Waals surface area (Å²) in [7, 11) is 1.59. The Morgan fingerprint density at radius 3 is 2.76 bits per heavy atom. The number of allylic oxidation sites excluding steroid dienone is 1. The minimum absolute atomic E-state index is 0.0442. The predicted molar refractivity (Wildman–Crippen MR) is 129 cm³/mol. The number of amides is 1. The maximum Gasteiger partial charge on any atom is 0.271 e. The zero-order valence-electron chi connectivity index (χ0n) is 19.1. The molecule has 10 nitrogen and oxygen atoms in total. The number of carbonyl (C=O) groups is 1. The summed E-state index contributed by atoms with van der Waals surface area (Å²) in [5.74, 6) is 1.62. The molecule has 1 aromatic heterocycles. The van der Waals surface area contributed by atoms with Gasteiger partial charge in [-0.05, 0) is 31.5 Å². The number of nitrogens with one attached hydrogen (secondary N) is 1. The van der Waals surface area contributed by atoms with E-state index in [0.29, 0.717) is 34.7 Å². The number of nitrogens with zero attached hydrogens (tertiary/aromatic N) is 4. The molecule has 0 fully saturated rings. The van der Waals surface area contributed by atoms with Crippen molar-refractivity contribution in [2.45, 2.75) is 31.7 Å². The van der Waals surface area contributed by atoms with Gasteiger partial charge < -0.3 is 14.8 Å². The van der Waals surface area contributed by atoms with E-state index in [9.17, 15) is 14.9 Å². The standard InChI is InChI=1S/C23H25N5O5S/c1-5-11-27-22(16(3)33-19-8-6-7-18(13-19)32-4)25-26-23(27)34-14-21(29)24-20-12-17(28(30)31)10-9-15(20)2/h5-10,12-13,16H,1,11,14H2,2-4H3,(H,24,29). The number of thioether (sulfide) groups is 1. The highest BCUT2D eigenvalue weighted by Crippen LogP contribution is 2.27. The molecule has 1 N–H and O–H groups in total. The Morgan fingerprint density at radius 2 is 2.06 bits per heavy atom. The average molecular weight is 484 g/mol. The molecule has 0 spiro atoms. The Balaban J connectivity index is 1.69. The van der Waals surface area contributed by atoms with Gasteiger partial charge in [0.25, 0.3) is 5.69 Å². The number of hydrogen-bond acceptors (Lipinski definition) is 8. The van der Waals surface area contributed by atoms with Gasteiger partial charge in [-0.15, -0.1) is 16.8 Å². The number of methoxy groups -OCH3 is 1. The first-order chi connectivity index (χ1) is 16.3. The van der Waals surface area contributed by atoms with Crippen LogP contribution < -0.4 is 14.8 Å². The maximum atomic E-state index is 12.5. The zero-order valence-corrected chi connectivity index (χ0v) is 19.9. The molecule has 1 amide bonds. The van der Waals surface area contributed by atoms with Gasteiger partial charge in [-0.25, -0.2) is 0 Å². The molecule has 1 unspecified atom stereocenters. The van der Waals surface area contributed by atoms with Crippen LogP contribution in [0, 0.1) is 17.0 Å². The molecular weight excluding hydrogens is 458 g/mol. The monoisotopic (exact) mass is 483 g/mol. The van der Waals surface area contributed by atoms with Crippen molar-refractivity contribution >= 4 is 29.0 Å². The average Bonchev–Trinajstić information content (AvgIpc) is 3.22. The molecule has 34 heavy (non-hydrogen) atoms. The van der Waals surface area contributed by atoms with Crippen LogP contribution in [0.25, 0.3) is 0 Å². The second-order valence-corrected chi connectivity index (χ2v) is 8.21. The van der Waals surface area contributed by atoms with Crippen molar-refractivity contribution in [1.29, 1.82) is 0 Å². The first kappa shape index (κ1) is 24.8. The summed E-state index contributed by atoms with van der Waals surface area (Å²) < 4.78 is 13.1. The first-order valence-corrected chi connectivity index (χ1v) is 11.3. The molecule has 11 heteroatoms. The van der Waals surface area contributed by atoms with Crippen molar-refractivity contribution in [3.63, 3.8) is 0 Å². The highest BCUT2D eigenvalue weighted by atomic mass is 32.2. The normalized spacial score (nSPS) is 11.5. The molecule has 1 heterocycles. The van der Waals surface area contributed by atoms with Gasteiger partial charge in [0.15, 0.2) is 17.1 Å². The molecule has 0 bridgehead atoms. The topological polar surface area (TPSA) is 121 Å². The lowest BCUT2D eigenvalue weighted by Crippen LogP contribution is -2.16. The minimum atomic E-state index is -0.502. The van der Waals surface area contributed by atoms with Crippen LogP contribution in [0.3, 0.4) is 0 Å². The summed E-state index contributed by atoms with van der Waals surface area (Å²) >= 11 is 1.20. The third kappa shape index (κ3) is 6.13. The number of aryl methyl sites for hydroxylation is 1. The summed E-state index contributed by atoms with van der Waals surface area (Å²) in [6.45, 7) is 7.85. The van der Waals surface area contributed by atoms with Gasteiger partial charge >= 0.3 is 0 Å². The number of benzene rings is 2. The van der Waals surface area contributed by atoms with Gasteiger partial charge in [0.05, 0.1) is 23.5 Å². The highest BCUT2D eigenvalue weighted by molar-refractivity contribution is 7.99. The van der Waals surface area contributed by atoms with Gasteiger partial charge in [-0.3, -0.25) is 19.5 Å². The molecule has 0 aliphatic carbocycles. The highest BCUT2D eigenvalue weighted by Gasteiger charge is 2.20. The molecule has 0 saturated heterocycles. The summed E-state index contributed by atoms with van der Waals surface area (Å²) in [6, 6.07) is 11.6. The lowest BCUT2D eigenvalue weighted by molar-refractivity contribution is -0.384. The number of ether oxygens (including phenoxy) is 2. The Labute approximate surface area is 201 Å². The van der Waals surface area contributed by atoms with Crippen molar-refractivity contribution in [1.82, 2.24) is 14.8 Å². The lowest BCUT2D eigenvalue weighted by atomic mass is 10.2. The molecule has 0 aliphatic heterocycles. The van der Waals surface area contributed by atoms with Crippen LogP contribution in [0.4, 0.5) is 11.4 Å². The van der Waals surface area contributed by atoms with Gasteiger partial charge in [0.1, 0.15) is 11.5 Å². The van der Waals surface area contributed by atoms with Crippen LogP contribution in [0.1, 0.15) is 24.4 Å². The molecule has 1 atom stereocenters. The molecular formula is C23H25N5O5S. The molecule has 0 aliphatic rings. The van der Waals surface area contributed by atoms with Gasteiger partial charge in [0.2, 0.25) is 5.91 Å². The van der Waals surface area contributed by atoms with Crippen LogP contribution in [-0.4, -0.2) is 38.5 Å². The number of nitro benzene ring substituents is 1. The molecule has 178 valence electrons. The molecule has 2 aromatic carbocycles. The third-order valence-electron chi connectivity index (χ3n) is 4.81. The number of non-ortho nitro benzene ring substituents is 1. The first-order valence-electron chi connectivity index (χ1n) is 10.3. The number of nitro groups is 1. The van der Waals surface area contributed by atoms with Crippen molar-refractivity contribution in [2.75, 3.05) is 18.2 Å². The van der Waals surface area contributed by atoms with Crippen LogP contribution in [0.5, 0.6) is 11.5 Å². The van der Waals surface area contributed by atoms with Crippen LogP contribution >= 0.6 is 11.8 Å². The van der Waals surface area contributed by atoms with Gasteiger partial charge in [-0.1, -0.05) is 30.0 Å². The molecule has 0 saturated carbocycles. The van der Waals surface area contributed by atoms with Gasteiger partial charge in [0, 0.05) is 24.7 Å². The minimum Gasteiger partial charge on any atom is -0.497 e. The smallest absolute Gasteiger partial charge is 0.271 e. The maximum absolute atomic E-state index is 12.5. The van der Waals surface area contributed by atoms with Crippen molar-refractivity contribution in [3.05, 3.63) is 76.6 Å². The Hall–Kier alpha value is -3.86. The second kappa shape index (κ2) is 11.3. The van der Waals surface area contributed by atoms with E-state index in [1.165, 1.54) is 23.9 Å². The summed E-state index contributed by atoms with van der Waals surface area (Å²) in [5, 5.41) is 22.7. The summed E-state index contributed by atoms with van der Waals surface area (Å²) in [4.78, 5) is 23.0. The fraction of sp³-hybridized carbons (Fsp3) is 0.261. The van der Waals surface area contributed by atoms with E-state index in [2.05, 4.69) is 22.1 Å². The number of aromatic nitrogens is 3. The Bertz CT molecular complexity index is 1200. The number of anilines is 1. The second-order valence-electron chi connectivity index (χ2n) is 7.27. The summed E-state index contributed by atoms with van der Waals surface area (Å²) in [5.41, 5.74) is 1.03.